The van der Waals surface area contributed by atoms with E-state index in [2.05, 4.69) is 0 Å². The smallest absolute Gasteiger partial charge is 0.166 e. The molecule has 0 aliphatic carbocycles. The minimum atomic E-state index is 0.0978. The molecule has 2 bridgehead atoms. The van der Waals surface area contributed by atoms with Gasteiger partial charge in [0.2, 0.25) is 0 Å². The number of carbonyl (C=O) groups is 1. The van der Waals surface area contributed by atoms with E-state index in [0.29, 0.717) is 6.61 Å². The van der Waals surface area contributed by atoms with Gasteiger partial charge in [-0.2, -0.15) is 0 Å². The molecule has 0 spiro atoms. The van der Waals surface area contributed by atoms with Crippen molar-refractivity contribution in [1.82, 2.24) is 0 Å². The van der Waals surface area contributed by atoms with Gasteiger partial charge in [-0.15, -0.1) is 0 Å². The Hall–Kier alpha value is -2.13. The zero-order chi connectivity index (χ0) is 16.4. The number of Topliss-reactive ketones (excluding diaryl/α,β-unsaturated/α-hetero) is 1. The summed E-state index contributed by atoms with van der Waals surface area (Å²) in [5, 5.41) is 0. The fourth-order valence-electron chi connectivity index (χ4n) is 3.79. The van der Waals surface area contributed by atoms with E-state index in [1.165, 1.54) is 0 Å². The van der Waals surface area contributed by atoms with Crippen molar-refractivity contribution in [3.05, 3.63) is 65.7 Å². The Kier molecular flexibility index (Phi) is 4.35. The molecular formula is C21H22O3. The number of hydrogen-bond donors (Lipinski definition) is 0. The molecule has 0 radical (unpaired) electrons. The molecule has 2 saturated heterocycles. The van der Waals surface area contributed by atoms with Crippen molar-refractivity contribution in [2.75, 3.05) is 0 Å². The van der Waals surface area contributed by atoms with Gasteiger partial charge in [0.15, 0.2) is 5.78 Å². The molecule has 2 aromatic carbocycles. The standard InChI is InChI=1S/C21H22O3/c22-21(17-12-19-9-10-20(13-17)24-19)16-7-4-8-18(11-16)23-14-15-5-2-1-3-6-15/h1-8,11,17,19-20H,9-10,12-14H2. The van der Waals surface area contributed by atoms with Gasteiger partial charge in [0.05, 0.1) is 12.2 Å². The SMILES string of the molecule is O=C(c1cccc(OCc2ccccc2)c1)C1CC2CCC(C1)O2. The number of hydrogen-bond acceptors (Lipinski definition) is 3. The lowest BCUT2D eigenvalue weighted by Gasteiger charge is -2.27. The lowest BCUT2D eigenvalue weighted by Crippen LogP contribution is -2.30. The third-order valence-corrected chi connectivity index (χ3v) is 5.03. The van der Waals surface area contributed by atoms with E-state index >= 15 is 0 Å². The minimum Gasteiger partial charge on any atom is -0.489 e. The Morgan fingerprint density at radius 1 is 1.00 bits per heavy atom. The van der Waals surface area contributed by atoms with E-state index in [0.717, 1.165) is 42.6 Å². The summed E-state index contributed by atoms with van der Waals surface area (Å²) in [7, 11) is 0. The van der Waals surface area contributed by atoms with Crippen LogP contribution >= 0.6 is 0 Å². The van der Waals surface area contributed by atoms with Crippen LogP contribution in [0.2, 0.25) is 0 Å². The summed E-state index contributed by atoms with van der Waals surface area (Å²) in [6.07, 6.45) is 4.52. The summed E-state index contributed by atoms with van der Waals surface area (Å²) >= 11 is 0. The summed E-state index contributed by atoms with van der Waals surface area (Å²) in [6.45, 7) is 0.514. The molecule has 2 aromatic rings. The Morgan fingerprint density at radius 2 is 1.75 bits per heavy atom. The van der Waals surface area contributed by atoms with E-state index in [4.69, 9.17) is 9.47 Å². The molecule has 2 heterocycles. The van der Waals surface area contributed by atoms with Crippen molar-refractivity contribution in [3.63, 3.8) is 0 Å². The number of fused-ring (bicyclic) bond motifs is 2. The maximum atomic E-state index is 12.8. The molecule has 2 atom stereocenters. The molecule has 2 aliphatic rings. The lowest BCUT2D eigenvalue weighted by atomic mass is 9.88. The van der Waals surface area contributed by atoms with Crippen LogP contribution in [0.3, 0.4) is 0 Å². The lowest BCUT2D eigenvalue weighted by molar-refractivity contribution is -0.0149. The van der Waals surface area contributed by atoms with Crippen molar-refractivity contribution < 1.29 is 14.3 Å². The molecule has 124 valence electrons. The molecule has 24 heavy (non-hydrogen) atoms. The van der Waals surface area contributed by atoms with Gasteiger partial charge in [0.1, 0.15) is 12.4 Å². The number of benzene rings is 2. The van der Waals surface area contributed by atoms with E-state index in [9.17, 15) is 4.79 Å². The summed E-state index contributed by atoms with van der Waals surface area (Å²) in [6, 6.07) is 17.6. The quantitative estimate of drug-likeness (QED) is 0.765. The van der Waals surface area contributed by atoms with Gasteiger partial charge in [-0.05, 0) is 43.4 Å². The molecule has 2 unspecified atom stereocenters. The number of rotatable bonds is 5. The highest BCUT2D eigenvalue weighted by atomic mass is 16.5. The Morgan fingerprint density at radius 3 is 2.50 bits per heavy atom. The second kappa shape index (κ2) is 6.78. The van der Waals surface area contributed by atoms with Crippen LogP contribution in [0.15, 0.2) is 54.6 Å². The van der Waals surface area contributed by atoms with Crippen LogP contribution in [0.1, 0.15) is 41.6 Å². The predicted molar refractivity (Wildman–Crippen MR) is 92.2 cm³/mol. The summed E-state index contributed by atoms with van der Waals surface area (Å²) in [4.78, 5) is 12.8. The fourth-order valence-corrected chi connectivity index (χ4v) is 3.79. The van der Waals surface area contributed by atoms with Gasteiger partial charge in [-0.1, -0.05) is 42.5 Å². The minimum absolute atomic E-state index is 0.0978. The zero-order valence-electron chi connectivity index (χ0n) is 13.7. The first-order chi connectivity index (χ1) is 11.8. The molecule has 0 N–H and O–H groups in total. The Bertz CT molecular complexity index is 698. The van der Waals surface area contributed by atoms with Gasteiger partial charge >= 0.3 is 0 Å². The van der Waals surface area contributed by atoms with Crippen molar-refractivity contribution in [2.45, 2.75) is 44.5 Å². The second-order valence-electron chi connectivity index (χ2n) is 6.79. The van der Waals surface area contributed by atoms with Crippen LogP contribution in [-0.4, -0.2) is 18.0 Å². The highest BCUT2D eigenvalue weighted by Crippen LogP contribution is 2.37. The molecular weight excluding hydrogens is 300 g/mol. The van der Waals surface area contributed by atoms with Gasteiger partial charge in [-0.25, -0.2) is 0 Å². The topological polar surface area (TPSA) is 35.5 Å². The first-order valence-electron chi connectivity index (χ1n) is 8.74. The van der Waals surface area contributed by atoms with Crippen molar-refractivity contribution in [3.8, 4) is 5.75 Å². The van der Waals surface area contributed by atoms with Crippen LogP contribution < -0.4 is 4.74 Å². The van der Waals surface area contributed by atoms with E-state index in [-0.39, 0.29) is 23.9 Å². The van der Waals surface area contributed by atoms with Gasteiger partial charge in [0.25, 0.3) is 0 Å². The zero-order valence-corrected chi connectivity index (χ0v) is 13.7. The molecule has 4 rings (SSSR count). The van der Waals surface area contributed by atoms with E-state index < -0.39 is 0 Å². The van der Waals surface area contributed by atoms with Crippen LogP contribution in [-0.2, 0) is 11.3 Å². The van der Waals surface area contributed by atoms with Gasteiger partial charge in [-0.3, -0.25) is 4.79 Å². The second-order valence-corrected chi connectivity index (χ2v) is 6.79. The van der Waals surface area contributed by atoms with Crippen LogP contribution in [0, 0.1) is 5.92 Å². The average molecular weight is 322 g/mol. The summed E-state index contributed by atoms with van der Waals surface area (Å²) < 4.78 is 11.7. The number of ketones is 1. The molecule has 0 aromatic heterocycles. The fraction of sp³-hybridized carbons (Fsp3) is 0.381. The van der Waals surface area contributed by atoms with Crippen LogP contribution in [0.5, 0.6) is 5.75 Å². The molecule has 3 nitrogen and oxygen atoms in total. The Labute approximate surface area is 142 Å². The van der Waals surface area contributed by atoms with Crippen LogP contribution in [0.25, 0.3) is 0 Å². The van der Waals surface area contributed by atoms with Crippen molar-refractivity contribution in [1.29, 1.82) is 0 Å². The molecule has 0 saturated carbocycles. The van der Waals surface area contributed by atoms with E-state index in [1.807, 2.05) is 54.6 Å². The monoisotopic (exact) mass is 322 g/mol. The molecule has 2 aliphatic heterocycles. The number of ether oxygens (including phenoxy) is 2. The largest absolute Gasteiger partial charge is 0.489 e. The summed E-state index contributed by atoms with van der Waals surface area (Å²) in [5.41, 5.74) is 1.88. The van der Waals surface area contributed by atoms with Gasteiger partial charge < -0.3 is 9.47 Å². The van der Waals surface area contributed by atoms with Gasteiger partial charge in [0, 0.05) is 11.5 Å². The maximum Gasteiger partial charge on any atom is 0.166 e. The predicted octanol–water partition coefficient (Wildman–Crippen LogP) is 4.41. The normalized spacial score (nSPS) is 25.4. The summed E-state index contributed by atoms with van der Waals surface area (Å²) in [5.74, 6) is 1.08. The molecule has 3 heteroatoms. The van der Waals surface area contributed by atoms with Crippen molar-refractivity contribution in [2.24, 2.45) is 5.92 Å². The Balaban J connectivity index is 1.43. The maximum absolute atomic E-state index is 12.8. The number of carbonyl (C=O) groups excluding carboxylic acids is 1. The van der Waals surface area contributed by atoms with E-state index in [1.54, 1.807) is 0 Å². The molecule has 0 amide bonds. The average Bonchev–Trinajstić information content (AvgIpc) is 2.98. The third-order valence-electron chi connectivity index (χ3n) is 5.03. The molecule has 2 fully saturated rings. The van der Waals surface area contributed by atoms with Crippen molar-refractivity contribution >= 4 is 5.78 Å². The third kappa shape index (κ3) is 3.36. The first kappa shape index (κ1) is 15.4. The first-order valence-corrected chi connectivity index (χ1v) is 8.74. The highest BCUT2D eigenvalue weighted by molar-refractivity contribution is 5.98. The van der Waals surface area contributed by atoms with Crippen LogP contribution in [0.4, 0.5) is 0 Å². The highest BCUT2D eigenvalue weighted by Gasteiger charge is 2.38.